The highest BCUT2D eigenvalue weighted by atomic mass is 127. The molecule has 0 aliphatic heterocycles. The van der Waals surface area contributed by atoms with Crippen LogP contribution >= 0.6 is 35.3 Å². The summed E-state index contributed by atoms with van der Waals surface area (Å²) in [6.45, 7) is 10.6. The summed E-state index contributed by atoms with van der Waals surface area (Å²) in [5.74, 6) is 0.560. The van der Waals surface area contributed by atoms with Gasteiger partial charge in [0.2, 0.25) is 0 Å². The second kappa shape index (κ2) is 12.0. The third-order valence-corrected chi connectivity index (χ3v) is 4.53. The van der Waals surface area contributed by atoms with Crippen molar-refractivity contribution in [2.24, 2.45) is 4.99 Å². The predicted octanol–water partition coefficient (Wildman–Crippen LogP) is 3.95. The number of nitrogens with zero attached hydrogens (tertiary/aromatic N) is 3. The van der Waals surface area contributed by atoms with Crippen LogP contribution < -0.4 is 10.6 Å². The zero-order valence-corrected chi connectivity index (χ0v) is 19.0. The Bertz CT molecular complexity index is 538. The van der Waals surface area contributed by atoms with Crippen molar-refractivity contribution >= 4 is 41.3 Å². The van der Waals surface area contributed by atoms with Crippen molar-refractivity contribution in [1.29, 1.82) is 0 Å². The average Bonchev–Trinajstić information content (AvgIpc) is 2.98. The number of halogens is 4. The van der Waals surface area contributed by atoms with Gasteiger partial charge in [0.25, 0.3) is 0 Å². The number of guanidine groups is 1. The monoisotopic (exact) mass is 507 g/mol. The minimum Gasteiger partial charge on any atom is -0.356 e. The van der Waals surface area contributed by atoms with E-state index in [1.165, 1.54) is 0 Å². The van der Waals surface area contributed by atoms with E-state index in [0.717, 1.165) is 36.2 Å². The van der Waals surface area contributed by atoms with Gasteiger partial charge in [-0.3, -0.25) is 9.89 Å². The number of hydrogen-bond acceptors (Lipinski definition) is 4. The van der Waals surface area contributed by atoms with Gasteiger partial charge in [-0.2, -0.15) is 13.2 Å². The summed E-state index contributed by atoms with van der Waals surface area (Å²) in [6, 6.07) is 0.982. The standard InChI is InChI=1S/C16H28F3N5S.HI/c1-11(2)24(12(3)4)8-6-7-21-15(20-5)22-9-14-23-13(10-25-14)16(17,18)19;/h10-12H,6-9H2,1-5H3,(H2,20,21,22);1H. The van der Waals surface area contributed by atoms with Crippen LogP contribution in [0.5, 0.6) is 0 Å². The molecule has 1 aromatic rings. The van der Waals surface area contributed by atoms with E-state index in [2.05, 4.69) is 53.2 Å². The summed E-state index contributed by atoms with van der Waals surface area (Å²) in [6.07, 6.45) is -3.44. The maximum Gasteiger partial charge on any atom is 0.434 e. The molecule has 0 amide bonds. The van der Waals surface area contributed by atoms with Crippen molar-refractivity contribution in [2.45, 2.75) is 58.9 Å². The van der Waals surface area contributed by atoms with Gasteiger partial charge in [-0.15, -0.1) is 35.3 Å². The molecule has 0 unspecified atom stereocenters. The van der Waals surface area contributed by atoms with Gasteiger partial charge in [0.15, 0.2) is 11.7 Å². The Morgan fingerprint density at radius 1 is 1.23 bits per heavy atom. The van der Waals surface area contributed by atoms with Gasteiger partial charge in [-0.05, 0) is 34.1 Å². The molecule has 1 rings (SSSR count). The lowest BCUT2D eigenvalue weighted by Gasteiger charge is -2.30. The second-order valence-corrected chi connectivity index (χ2v) is 7.20. The van der Waals surface area contributed by atoms with E-state index in [0.29, 0.717) is 23.1 Å². The molecule has 26 heavy (non-hydrogen) atoms. The number of aliphatic imine (C=N–C) groups is 1. The molecule has 0 radical (unpaired) electrons. The molecule has 5 nitrogen and oxygen atoms in total. The van der Waals surface area contributed by atoms with E-state index < -0.39 is 11.9 Å². The Hall–Kier alpha value is -0.620. The summed E-state index contributed by atoms with van der Waals surface area (Å²) in [7, 11) is 1.63. The van der Waals surface area contributed by atoms with Crippen LogP contribution in [0.15, 0.2) is 10.4 Å². The van der Waals surface area contributed by atoms with E-state index in [9.17, 15) is 13.2 Å². The van der Waals surface area contributed by atoms with Crippen molar-refractivity contribution in [3.63, 3.8) is 0 Å². The van der Waals surface area contributed by atoms with Gasteiger partial charge in [-0.25, -0.2) is 4.98 Å². The first-order chi connectivity index (χ1) is 11.6. The lowest BCUT2D eigenvalue weighted by molar-refractivity contribution is -0.140. The molecule has 0 spiro atoms. The highest BCUT2D eigenvalue weighted by molar-refractivity contribution is 14.0. The molecule has 2 N–H and O–H groups in total. The van der Waals surface area contributed by atoms with Crippen molar-refractivity contribution in [3.05, 3.63) is 16.1 Å². The van der Waals surface area contributed by atoms with Crippen LogP contribution in [0, 0.1) is 0 Å². The molecule has 0 fully saturated rings. The van der Waals surface area contributed by atoms with Crippen molar-refractivity contribution in [1.82, 2.24) is 20.5 Å². The van der Waals surface area contributed by atoms with Crippen molar-refractivity contribution < 1.29 is 13.2 Å². The fourth-order valence-electron chi connectivity index (χ4n) is 2.48. The lowest BCUT2D eigenvalue weighted by Crippen LogP contribution is -2.41. The van der Waals surface area contributed by atoms with Gasteiger partial charge in [-0.1, -0.05) is 0 Å². The first kappa shape index (κ1) is 25.4. The Kier molecular flexibility index (Phi) is 11.7. The highest BCUT2D eigenvalue weighted by Gasteiger charge is 2.33. The van der Waals surface area contributed by atoms with E-state index in [-0.39, 0.29) is 30.5 Å². The summed E-state index contributed by atoms with van der Waals surface area (Å²) >= 11 is 0.984. The molecule has 0 atom stereocenters. The summed E-state index contributed by atoms with van der Waals surface area (Å²) in [5.41, 5.74) is -0.847. The molecule has 10 heteroatoms. The fraction of sp³-hybridized carbons (Fsp3) is 0.750. The SMILES string of the molecule is CN=C(NCCCN(C(C)C)C(C)C)NCc1nc(C(F)(F)F)cs1.I. The first-order valence-corrected chi connectivity index (χ1v) is 9.25. The van der Waals surface area contributed by atoms with Crippen LogP contribution in [-0.2, 0) is 12.7 Å². The van der Waals surface area contributed by atoms with Gasteiger partial charge >= 0.3 is 6.18 Å². The maximum absolute atomic E-state index is 12.5. The largest absolute Gasteiger partial charge is 0.434 e. The topological polar surface area (TPSA) is 52.6 Å². The Balaban J connectivity index is 0.00000625. The minimum absolute atomic E-state index is 0. The van der Waals surface area contributed by atoms with Crippen molar-refractivity contribution in [2.75, 3.05) is 20.1 Å². The Morgan fingerprint density at radius 3 is 2.31 bits per heavy atom. The molecular formula is C16H29F3IN5S. The van der Waals surface area contributed by atoms with E-state index >= 15 is 0 Å². The van der Waals surface area contributed by atoms with Crippen LogP contribution in [0.2, 0.25) is 0 Å². The molecule has 0 saturated carbocycles. The number of alkyl halides is 3. The Labute approximate surface area is 174 Å². The minimum atomic E-state index is -4.40. The molecule has 1 aromatic heterocycles. The number of rotatable bonds is 8. The lowest BCUT2D eigenvalue weighted by atomic mass is 10.2. The summed E-state index contributed by atoms with van der Waals surface area (Å²) in [5, 5.41) is 7.57. The molecule has 0 aliphatic rings. The fourth-order valence-corrected chi connectivity index (χ4v) is 3.22. The first-order valence-electron chi connectivity index (χ1n) is 8.37. The van der Waals surface area contributed by atoms with Crippen molar-refractivity contribution in [3.8, 4) is 0 Å². The van der Waals surface area contributed by atoms with E-state index in [1.54, 1.807) is 7.05 Å². The molecule has 0 aliphatic carbocycles. The molecule has 0 bridgehead atoms. The molecule has 0 aromatic carbocycles. The van der Waals surface area contributed by atoms with E-state index in [1.807, 2.05) is 0 Å². The zero-order chi connectivity index (χ0) is 19.0. The molecule has 1 heterocycles. The van der Waals surface area contributed by atoms with E-state index in [4.69, 9.17) is 0 Å². The quantitative estimate of drug-likeness (QED) is 0.242. The smallest absolute Gasteiger partial charge is 0.356 e. The maximum atomic E-state index is 12.5. The Morgan fingerprint density at radius 2 is 1.85 bits per heavy atom. The van der Waals surface area contributed by atoms with Gasteiger partial charge < -0.3 is 10.6 Å². The third kappa shape index (κ3) is 8.85. The van der Waals surface area contributed by atoms with Crippen LogP contribution in [0.3, 0.4) is 0 Å². The number of nitrogens with one attached hydrogen (secondary N) is 2. The summed E-state index contributed by atoms with van der Waals surface area (Å²) < 4.78 is 37.6. The predicted molar refractivity (Wildman–Crippen MR) is 112 cm³/mol. The molecule has 152 valence electrons. The van der Waals surface area contributed by atoms with Crippen LogP contribution in [0.25, 0.3) is 0 Å². The van der Waals surface area contributed by atoms with Crippen LogP contribution in [0.1, 0.15) is 44.8 Å². The highest BCUT2D eigenvalue weighted by Crippen LogP contribution is 2.29. The second-order valence-electron chi connectivity index (χ2n) is 6.26. The van der Waals surface area contributed by atoms with Gasteiger partial charge in [0, 0.05) is 37.6 Å². The third-order valence-electron chi connectivity index (χ3n) is 3.68. The summed E-state index contributed by atoms with van der Waals surface area (Å²) in [4.78, 5) is 10.1. The number of thiazole rings is 1. The van der Waals surface area contributed by atoms with Crippen LogP contribution in [-0.4, -0.2) is 48.1 Å². The van der Waals surface area contributed by atoms with Gasteiger partial charge in [0.05, 0.1) is 6.54 Å². The van der Waals surface area contributed by atoms with Gasteiger partial charge in [0.1, 0.15) is 5.01 Å². The average molecular weight is 507 g/mol. The van der Waals surface area contributed by atoms with Crippen LogP contribution in [0.4, 0.5) is 13.2 Å². The number of hydrogen-bond donors (Lipinski definition) is 2. The molecule has 0 saturated heterocycles. The normalized spacial score (nSPS) is 12.7. The zero-order valence-electron chi connectivity index (χ0n) is 15.9. The number of aromatic nitrogens is 1. The molecular weight excluding hydrogens is 478 g/mol.